The lowest BCUT2D eigenvalue weighted by molar-refractivity contribution is -0.117. The number of hydrogen-bond donors (Lipinski definition) is 1. The Labute approximate surface area is 171 Å². The molecule has 2 aromatic carbocycles. The third-order valence-electron chi connectivity index (χ3n) is 4.96. The van der Waals surface area contributed by atoms with Crippen LogP contribution < -0.4 is 15.1 Å². The maximum Gasteiger partial charge on any atom is 0.253 e. The SMILES string of the molecule is CCN(CCCNC(=O)c1ccc(Cl)cc1N1CCCC1=O)c1ccccc1. The van der Waals surface area contributed by atoms with E-state index < -0.39 is 0 Å². The summed E-state index contributed by atoms with van der Waals surface area (Å²) in [4.78, 5) is 28.8. The number of nitrogens with zero attached hydrogens (tertiary/aromatic N) is 2. The summed E-state index contributed by atoms with van der Waals surface area (Å²) in [6.45, 7) is 5.09. The van der Waals surface area contributed by atoms with Gasteiger partial charge in [0, 0.05) is 43.3 Å². The summed E-state index contributed by atoms with van der Waals surface area (Å²) in [5.74, 6) is -0.133. The molecule has 2 aromatic rings. The zero-order chi connectivity index (χ0) is 19.9. The van der Waals surface area contributed by atoms with Crippen molar-refractivity contribution in [3.05, 3.63) is 59.1 Å². The van der Waals surface area contributed by atoms with Gasteiger partial charge in [0.15, 0.2) is 0 Å². The van der Waals surface area contributed by atoms with Crippen LogP contribution >= 0.6 is 11.6 Å². The fourth-order valence-electron chi connectivity index (χ4n) is 3.50. The molecule has 2 amide bonds. The summed E-state index contributed by atoms with van der Waals surface area (Å²) < 4.78 is 0. The molecule has 0 unspecified atom stereocenters. The molecule has 5 nitrogen and oxygen atoms in total. The Bertz CT molecular complexity index is 826. The van der Waals surface area contributed by atoms with Crippen molar-refractivity contribution >= 4 is 34.8 Å². The Kier molecular flexibility index (Phi) is 6.93. The van der Waals surface area contributed by atoms with E-state index in [4.69, 9.17) is 11.6 Å². The van der Waals surface area contributed by atoms with Crippen LogP contribution in [0.4, 0.5) is 11.4 Å². The molecule has 0 aromatic heterocycles. The van der Waals surface area contributed by atoms with Crippen LogP contribution in [0.1, 0.15) is 36.5 Å². The Hall–Kier alpha value is -2.53. The molecule has 1 heterocycles. The van der Waals surface area contributed by atoms with Gasteiger partial charge in [-0.2, -0.15) is 0 Å². The number of anilines is 2. The van der Waals surface area contributed by atoms with Crippen LogP contribution in [0, 0.1) is 0 Å². The lowest BCUT2D eigenvalue weighted by Gasteiger charge is -2.23. The van der Waals surface area contributed by atoms with E-state index in [1.54, 1.807) is 23.1 Å². The highest BCUT2D eigenvalue weighted by Crippen LogP contribution is 2.28. The van der Waals surface area contributed by atoms with Crippen molar-refractivity contribution in [3.63, 3.8) is 0 Å². The van der Waals surface area contributed by atoms with Crippen LogP contribution in [-0.4, -0.2) is 38.0 Å². The Morgan fingerprint density at radius 2 is 2.00 bits per heavy atom. The van der Waals surface area contributed by atoms with E-state index in [-0.39, 0.29) is 11.8 Å². The first-order chi connectivity index (χ1) is 13.6. The number of rotatable bonds is 8. The number of halogens is 1. The molecule has 6 heteroatoms. The molecule has 148 valence electrons. The molecular weight excluding hydrogens is 374 g/mol. The van der Waals surface area contributed by atoms with Gasteiger partial charge in [0.1, 0.15) is 0 Å². The van der Waals surface area contributed by atoms with Crippen LogP contribution in [-0.2, 0) is 4.79 Å². The molecule has 0 atom stereocenters. The first kappa shape index (κ1) is 20.2. The third-order valence-corrected chi connectivity index (χ3v) is 5.20. The molecule has 0 aliphatic carbocycles. The molecule has 3 rings (SSSR count). The van der Waals surface area contributed by atoms with Crippen LogP contribution in [0.15, 0.2) is 48.5 Å². The first-order valence-electron chi connectivity index (χ1n) is 9.78. The van der Waals surface area contributed by atoms with E-state index in [1.165, 1.54) is 5.69 Å². The second-order valence-corrected chi connectivity index (χ2v) is 7.27. The molecule has 0 saturated carbocycles. The van der Waals surface area contributed by atoms with E-state index >= 15 is 0 Å². The largest absolute Gasteiger partial charge is 0.372 e. The normalized spacial score (nSPS) is 13.6. The van der Waals surface area contributed by atoms with E-state index in [9.17, 15) is 9.59 Å². The standard InChI is InChI=1S/C22H26ClN3O2/c1-2-25(18-8-4-3-5-9-18)14-7-13-24-22(28)19-12-11-17(23)16-20(19)26-15-6-10-21(26)27/h3-5,8-9,11-12,16H,2,6-7,10,13-15H2,1H3,(H,24,28). The van der Waals surface area contributed by atoms with E-state index in [0.717, 1.165) is 25.9 Å². The average molecular weight is 400 g/mol. The maximum absolute atomic E-state index is 12.7. The monoisotopic (exact) mass is 399 g/mol. The molecular formula is C22H26ClN3O2. The lowest BCUT2D eigenvalue weighted by Crippen LogP contribution is -2.32. The van der Waals surface area contributed by atoms with Crippen LogP contribution in [0.2, 0.25) is 5.02 Å². The van der Waals surface area contributed by atoms with Gasteiger partial charge in [0.25, 0.3) is 5.91 Å². The zero-order valence-electron chi connectivity index (χ0n) is 16.2. The molecule has 1 aliphatic heterocycles. The molecule has 1 fully saturated rings. The number of carbonyl (C=O) groups excluding carboxylic acids is 2. The van der Waals surface area contributed by atoms with Crippen LogP contribution in [0.25, 0.3) is 0 Å². The summed E-state index contributed by atoms with van der Waals surface area (Å²) >= 11 is 6.11. The summed E-state index contributed by atoms with van der Waals surface area (Å²) in [6, 6.07) is 15.3. The fraction of sp³-hybridized carbons (Fsp3) is 0.364. The molecule has 1 saturated heterocycles. The third kappa shape index (κ3) is 4.84. The van der Waals surface area contributed by atoms with Gasteiger partial charge in [-0.1, -0.05) is 29.8 Å². The number of amides is 2. The van der Waals surface area contributed by atoms with Gasteiger partial charge < -0.3 is 15.1 Å². The van der Waals surface area contributed by atoms with E-state index in [0.29, 0.717) is 35.8 Å². The van der Waals surface area contributed by atoms with Crippen molar-refractivity contribution in [1.29, 1.82) is 0 Å². The van der Waals surface area contributed by atoms with Crippen molar-refractivity contribution in [2.75, 3.05) is 36.0 Å². The van der Waals surface area contributed by atoms with E-state index in [2.05, 4.69) is 29.3 Å². The van der Waals surface area contributed by atoms with Gasteiger partial charge >= 0.3 is 0 Å². The van der Waals surface area contributed by atoms with Gasteiger partial charge in [-0.05, 0) is 50.1 Å². The van der Waals surface area contributed by atoms with Gasteiger partial charge in [0.05, 0.1) is 11.3 Å². The number of hydrogen-bond acceptors (Lipinski definition) is 3. The summed E-state index contributed by atoms with van der Waals surface area (Å²) in [6.07, 6.45) is 2.15. The zero-order valence-corrected chi connectivity index (χ0v) is 16.9. The number of benzene rings is 2. The summed E-state index contributed by atoms with van der Waals surface area (Å²) in [5.41, 5.74) is 2.28. The van der Waals surface area contributed by atoms with Crippen molar-refractivity contribution < 1.29 is 9.59 Å². The highest BCUT2D eigenvalue weighted by molar-refractivity contribution is 6.31. The Balaban J connectivity index is 1.59. The number of para-hydroxylation sites is 1. The predicted octanol–water partition coefficient (Wildman–Crippen LogP) is 4.11. The van der Waals surface area contributed by atoms with Crippen molar-refractivity contribution in [3.8, 4) is 0 Å². The molecule has 0 bridgehead atoms. The van der Waals surface area contributed by atoms with Crippen molar-refractivity contribution in [2.24, 2.45) is 0 Å². The topological polar surface area (TPSA) is 52.7 Å². The minimum absolute atomic E-state index is 0.0396. The van der Waals surface area contributed by atoms with Gasteiger partial charge in [-0.3, -0.25) is 9.59 Å². The van der Waals surface area contributed by atoms with Gasteiger partial charge in [-0.15, -0.1) is 0 Å². The molecule has 0 spiro atoms. The average Bonchev–Trinajstić information content (AvgIpc) is 3.14. The maximum atomic E-state index is 12.7. The molecule has 1 aliphatic rings. The van der Waals surface area contributed by atoms with Gasteiger partial charge in [0.2, 0.25) is 5.91 Å². The van der Waals surface area contributed by atoms with Crippen molar-refractivity contribution in [1.82, 2.24) is 5.32 Å². The van der Waals surface area contributed by atoms with Crippen LogP contribution in [0.5, 0.6) is 0 Å². The number of nitrogens with one attached hydrogen (secondary N) is 1. The second kappa shape index (κ2) is 9.60. The highest BCUT2D eigenvalue weighted by atomic mass is 35.5. The summed E-state index contributed by atoms with van der Waals surface area (Å²) in [5, 5.41) is 3.50. The molecule has 1 N–H and O–H groups in total. The smallest absolute Gasteiger partial charge is 0.253 e. The lowest BCUT2D eigenvalue weighted by atomic mass is 10.1. The predicted molar refractivity (Wildman–Crippen MR) is 114 cm³/mol. The summed E-state index contributed by atoms with van der Waals surface area (Å²) in [7, 11) is 0. The quantitative estimate of drug-likeness (QED) is 0.679. The molecule has 28 heavy (non-hydrogen) atoms. The second-order valence-electron chi connectivity index (χ2n) is 6.84. The highest BCUT2D eigenvalue weighted by Gasteiger charge is 2.26. The minimum atomic E-state index is -0.172. The van der Waals surface area contributed by atoms with Gasteiger partial charge in [-0.25, -0.2) is 0 Å². The first-order valence-corrected chi connectivity index (χ1v) is 10.2. The molecule has 0 radical (unpaired) electrons. The minimum Gasteiger partial charge on any atom is -0.372 e. The number of carbonyl (C=O) groups is 2. The Morgan fingerprint density at radius 1 is 1.21 bits per heavy atom. The Morgan fingerprint density at radius 3 is 2.68 bits per heavy atom. The van der Waals surface area contributed by atoms with E-state index in [1.807, 2.05) is 18.2 Å². The fourth-order valence-corrected chi connectivity index (χ4v) is 3.66. The van der Waals surface area contributed by atoms with Crippen LogP contribution in [0.3, 0.4) is 0 Å². The van der Waals surface area contributed by atoms with Crippen molar-refractivity contribution in [2.45, 2.75) is 26.2 Å².